The van der Waals surface area contributed by atoms with Crippen LogP contribution in [0.3, 0.4) is 0 Å². The number of carbonyl (C=O) groups is 3. The molecule has 0 aromatic heterocycles. The van der Waals surface area contributed by atoms with Gasteiger partial charge in [0.1, 0.15) is 23.8 Å². The second-order valence-electron chi connectivity index (χ2n) is 8.94. The number of carbonyl (C=O) groups excluding carboxylic acids is 3. The number of amides is 2. The monoisotopic (exact) mass is 559 g/mol. The van der Waals surface area contributed by atoms with Gasteiger partial charge in [-0.25, -0.2) is 4.79 Å². The van der Waals surface area contributed by atoms with E-state index in [-0.39, 0.29) is 24.2 Å². The van der Waals surface area contributed by atoms with Crippen LogP contribution in [0, 0.1) is 10.1 Å². The molecule has 1 aliphatic rings. The number of nitrogens with one attached hydrogen (secondary N) is 1. The summed E-state index contributed by atoms with van der Waals surface area (Å²) in [6, 6.07) is 12.4. The van der Waals surface area contributed by atoms with Crippen LogP contribution in [0.4, 0.5) is 5.69 Å². The van der Waals surface area contributed by atoms with Crippen molar-refractivity contribution in [1.29, 1.82) is 0 Å². The molecule has 2 aromatic rings. The Bertz CT molecular complexity index is 1240. The molecule has 0 saturated carbocycles. The lowest BCUT2D eigenvalue weighted by Gasteiger charge is -2.51. The molecule has 38 heavy (non-hydrogen) atoms. The first kappa shape index (κ1) is 28.9. The Balaban J connectivity index is 1.71. The van der Waals surface area contributed by atoms with E-state index >= 15 is 0 Å². The van der Waals surface area contributed by atoms with Crippen molar-refractivity contribution in [2.24, 2.45) is 0 Å². The van der Waals surface area contributed by atoms with E-state index in [1.165, 1.54) is 29.2 Å². The maximum Gasteiger partial charge on any atom is 0.333 e. The van der Waals surface area contributed by atoms with E-state index in [0.29, 0.717) is 16.9 Å². The largest absolute Gasteiger partial charge is 0.484 e. The number of esters is 1. The number of nitro benzene ring substituents is 1. The summed E-state index contributed by atoms with van der Waals surface area (Å²) in [5.41, 5.74) is 0.844. The van der Waals surface area contributed by atoms with E-state index < -0.39 is 49.6 Å². The number of hydrogen-bond acceptors (Lipinski definition) is 8. The summed E-state index contributed by atoms with van der Waals surface area (Å²) in [4.78, 5) is 50.6. The lowest BCUT2D eigenvalue weighted by molar-refractivity contribution is -0.384. The number of non-ortho nitro benzene ring substituents is 1. The van der Waals surface area contributed by atoms with Crippen LogP contribution in [-0.4, -0.2) is 56.9 Å². The number of ether oxygens (including phenoxy) is 2. The van der Waals surface area contributed by atoms with Crippen molar-refractivity contribution in [3.8, 4) is 5.75 Å². The third kappa shape index (κ3) is 6.81. The topological polar surface area (TPSA) is 128 Å². The number of β-lactam (4-membered cyclic amide) rings is 1. The van der Waals surface area contributed by atoms with Crippen LogP contribution < -0.4 is 10.1 Å². The number of benzene rings is 2. The van der Waals surface area contributed by atoms with Crippen molar-refractivity contribution >= 4 is 44.1 Å². The average Bonchev–Trinajstić information content (AvgIpc) is 2.89. The van der Waals surface area contributed by atoms with E-state index in [9.17, 15) is 24.5 Å². The summed E-state index contributed by atoms with van der Waals surface area (Å²) in [5, 5.41) is 12.9. The van der Waals surface area contributed by atoms with E-state index in [0.717, 1.165) is 0 Å². The number of nitrogens with zero attached hydrogens (tertiary/aromatic N) is 2. The molecular formula is C26H29N3O7S2. The molecule has 0 aliphatic carbocycles. The highest BCUT2D eigenvalue weighted by Crippen LogP contribution is 2.31. The molecule has 4 unspecified atom stereocenters. The second kappa shape index (κ2) is 12.7. The Morgan fingerprint density at radius 2 is 1.82 bits per heavy atom. The van der Waals surface area contributed by atoms with E-state index in [1.54, 1.807) is 31.2 Å². The van der Waals surface area contributed by atoms with Crippen molar-refractivity contribution in [2.75, 3.05) is 6.61 Å². The molecule has 3 rings (SSSR count). The van der Waals surface area contributed by atoms with Crippen LogP contribution in [0.5, 0.6) is 5.75 Å². The number of rotatable bonds is 12. The van der Waals surface area contributed by atoms with Crippen molar-refractivity contribution in [3.05, 3.63) is 82.4 Å². The highest BCUT2D eigenvalue weighted by atomic mass is 32.8. The molecule has 0 radical (unpaired) electrons. The zero-order valence-electron chi connectivity index (χ0n) is 21.2. The number of likely N-dealkylation sites (tertiary alicyclic amines) is 1. The second-order valence-corrected chi connectivity index (χ2v) is 12.2. The fraction of sp³-hybridized carbons (Fsp3) is 0.346. The molecule has 1 N–H and O–H groups in total. The van der Waals surface area contributed by atoms with E-state index in [2.05, 4.69) is 11.9 Å². The maximum atomic E-state index is 13.3. The number of para-hydroxylation sites is 1. The molecular weight excluding hydrogens is 530 g/mol. The van der Waals surface area contributed by atoms with Crippen molar-refractivity contribution < 1.29 is 28.8 Å². The lowest BCUT2D eigenvalue weighted by Crippen LogP contribution is -2.76. The third-order valence-corrected chi connectivity index (χ3v) is 9.36. The van der Waals surface area contributed by atoms with Gasteiger partial charge in [-0.05, 0) is 53.5 Å². The van der Waals surface area contributed by atoms with Gasteiger partial charge >= 0.3 is 5.97 Å². The fourth-order valence-corrected chi connectivity index (χ4v) is 5.87. The highest BCUT2D eigenvalue weighted by molar-refractivity contribution is 8.29. The van der Waals surface area contributed by atoms with Crippen LogP contribution in [0.2, 0.25) is 0 Å². The summed E-state index contributed by atoms with van der Waals surface area (Å²) in [5.74, 6) is -1.14. The van der Waals surface area contributed by atoms with Gasteiger partial charge in [-0.1, -0.05) is 48.1 Å². The average molecular weight is 560 g/mol. The Labute approximate surface area is 227 Å². The van der Waals surface area contributed by atoms with Crippen LogP contribution in [-0.2, 0) is 46.4 Å². The zero-order valence-corrected chi connectivity index (χ0v) is 22.8. The van der Waals surface area contributed by atoms with E-state index in [1.807, 2.05) is 19.9 Å². The molecule has 1 fully saturated rings. The molecule has 202 valence electrons. The Morgan fingerprint density at radius 1 is 1.18 bits per heavy atom. The molecule has 1 heterocycles. The zero-order chi connectivity index (χ0) is 28.0. The molecule has 1 saturated heterocycles. The minimum atomic E-state index is -1.10. The SMILES string of the molecule is C=C(C)C(C(=O)OCc1ccc([N+](=O)[O-])cc1)N1C(=O)C(NC(=O)COc2ccccc2)C1S(=S)C(C)C. The van der Waals surface area contributed by atoms with Crippen LogP contribution >= 0.6 is 0 Å². The normalized spacial score (nSPS) is 18.2. The lowest BCUT2D eigenvalue weighted by atomic mass is 9.99. The Morgan fingerprint density at radius 3 is 2.37 bits per heavy atom. The molecule has 10 nitrogen and oxygen atoms in total. The summed E-state index contributed by atoms with van der Waals surface area (Å²) >= 11 is 5.72. The van der Waals surface area contributed by atoms with Gasteiger partial charge in [0, 0.05) is 17.4 Å². The van der Waals surface area contributed by atoms with Gasteiger partial charge in [-0.3, -0.25) is 19.7 Å². The third-order valence-electron chi connectivity index (χ3n) is 5.71. The first-order valence-corrected chi connectivity index (χ1v) is 14.0. The van der Waals surface area contributed by atoms with Crippen LogP contribution in [0.15, 0.2) is 66.7 Å². The smallest absolute Gasteiger partial charge is 0.333 e. The Hall–Kier alpha value is -3.64. The summed E-state index contributed by atoms with van der Waals surface area (Å²) < 4.78 is 10.9. The van der Waals surface area contributed by atoms with Gasteiger partial charge in [-0.15, -0.1) is 0 Å². The van der Waals surface area contributed by atoms with Crippen molar-refractivity contribution in [2.45, 2.75) is 50.1 Å². The van der Waals surface area contributed by atoms with Crippen LogP contribution in [0.1, 0.15) is 26.3 Å². The predicted molar refractivity (Wildman–Crippen MR) is 146 cm³/mol. The van der Waals surface area contributed by atoms with Gasteiger partial charge in [-0.2, -0.15) is 0 Å². The molecule has 1 aliphatic heterocycles. The number of nitro groups is 1. The number of hydrogen-bond donors (Lipinski definition) is 1. The summed E-state index contributed by atoms with van der Waals surface area (Å²) in [7, 11) is -0.797. The molecule has 4 atom stereocenters. The molecule has 12 heteroatoms. The molecule has 2 aromatic carbocycles. The summed E-state index contributed by atoms with van der Waals surface area (Å²) in [6.45, 7) is 8.89. The van der Waals surface area contributed by atoms with Gasteiger partial charge in [0.2, 0.25) is 5.91 Å². The van der Waals surface area contributed by atoms with Gasteiger partial charge in [0.25, 0.3) is 11.6 Å². The Kier molecular flexibility index (Phi) is 9.70. The first-order valence-electron chi connectivity index (χ1n) is 11.8. The van der Waals surface area contributed by atoms with Gasteiger partial charge in [0.15, 0.2) is 12.6 Å². The first-order chi connectivity index (χ1) is 18.0. The fourth-order valence-electron chi connectivity index (χ4n) is 3.80. The highest BCUT2D eigenvalue weighted by Gasteiger charge is 2.55. The van der Waals surface area contributed by atoms with E-state index in [4.69, 9.17) is 20.7 Å². The van der Waals surface area contributed by atoms with Crippen molar-refractivity contribution in [1.82, 2.24) is 10.2 Å². The van der Waals surface area contributed by atoms with Gasteiger partial charge in [0.05, 0.1) is 4.92 Å². The predicted octanol–water partition coefficient (Wildman–Crippen LogP) is 2.80. The maximum absolute atomic E-state index is 13.3. The molecule has 0 bridgehead atoms. The molecule has 2 amide bonds. The quantitative estimate of drug-likeness (QED) is 0.138. The molecule has 0 spiro atoms. The van der Waals surface area contributed by atoms with Crippen LogP contribution in [0.25, 0.3) is 0 Å². The minimum Gasteiger partial charge on any atom is -0.484 e. The van der Waals surface area contributed by atoms with Gasteiger partial charge < -0.3 is 19.7 Å². The summed E-state index contributed by atoms with van der Waals surface area (Å²) in [6.07, 6.45) is 0. The van der Waals surface area contributed by atoms with Crippen molar-refractivity contribution in [3.63, 3.8) is 0 Å². The minimum absolute atomic E-state index is 0.00697. The standard InChI is InChI=1S/C26H29N3O7S2/c1-16(2)23(26(32)36-14-18-10-12-19(13-11-18)29(33)34)28-24(31)22(25(28)38(37)17(3)4)27-21(30)15-35-20-8-6-5-7-9-20/h5-13,17,22-23,25H,1,14-15H2,2-4H3,(H,27,30).